The van der Waals surface area contributed by atoms with Crippen LogP contribution in [0, 0.1) is 20.8 Å². The Morgan fingerprint density at radius 3 is 2.34 bits per heavy atom. The van der Waals surface area contributed by atoms with Gasteiger partial charge < -0.3 is 19.2 Å². The maximum absolute atomic E-state index is 12.7. The predicted molar refractivity (Wildman–Crippen MR) is 107 cm³/mol. The standard InChI is InChI=1S/C22H27NO6/c1-6-27-22(26)19-14(3)20(23-15(19)4)21(25)16(5)29-18(24)11-12-28-17-9-7-13(2)8-10-17/h7-10,16,23H,6,11-12H2,1-5H3/t16-/m0/s1. The summed E-state index contributed by atoms with van der Waals surface area (Å²) in [6, 6.07) is 7.48. The number of ether oxygens (including phenoxy) is 3. The minimum Gasteiger partial charge on any atom is -0.493 e. The van der Waals surface area contributed by atoms with Crippen LogP contribution in [-0.4, -0.2) is 42.0 Å². The molecule has 1 atom stereocenters. The number of aryl methyl sites for hydroxylation is 2. The number of rotatable bonds is 9. The van der Waals surface area contributed by atoms with E-state index in [2.05, 4.69) is 4.98 Å². The van der Waals surface area contributed by atoms with Crippen LogP contribution in [-0.2, 0) is 14.3 Å². The lowest BCUT2D eigenvalue weighted by Gasteiger charge is -2.13. The number of Topliss-reactive ketones (excluding diaryl/α,β-unsaturated/α-hetero) is 1. The van der Waals surface area contributed by atoms with E-state index in [0.29, 0.717) is 22.6 Å². The third-order valence-electron chi connectivity index (χ3n) is 4.44. The van der Waals surface area contributed by atoms with Gasteiger partial charge in [0.1, 0.15) is 5.75 Å². The molecule has 0 saturated carbocycles. The molecule has 1 aromatic carbocycles. The van der Waals surface area contributed by atoms with E-state index in [9.17, 15) is 14.4 Å². The van der Waals surface area contributed by atoms with Crippen LogP contribution in [0.2, 0.25) is 0 Å². The fourth-order valence-electron chi connectivity index (χ4n) is 2.91. The number of carbonyl (C=O) groups is 3. The van der Waals surface area contributed by atoms with E-state index in [0.717, 1.165) is 5.56 Å². The Bertz CT molecular complexity index is 881. The zero-order chi connectivity index (χ0) is 21.6. The van der Waals surface area contributed by atoms with Gasteiger partial charge in [0.05, 0.1) is 30.9 Å². The molecule has 2 aromatic rings. The third kappa shape index (κ3) is 5.70. The van der Waals surface area contributed by atoms with E-state index < -0.39 is 23.8 Å². The highest BCUT2D eigenvalue weighted by Crippen LogP contribution is 2.21. The summed E-state index contributed by atoms with van der Waals surface area (Å²) in [6.45, 7) is 8.93. The zero-order valence-electron chi connectivity index (χ0n) is 17.5. The SMILES string of the molecule is CCOC(=O)c1c(C)[nH]c(C(=O)[C@H](C)OC(=O)CCOc2ccc(C)cc2)c1C. The lowest BCUT2D eigenvalue weighted by molar-refractivity contribution is -0.146. The fraction of sp³-hybridized carbons (Fsp3) is 0.409. The molecule has 1 N–H and O–H groups in total. The average molecular weight is 401 g/mol. The van der Waals surface area contributed by atoms with Crippen molar-refractivity contribution in [2.45, 2.75) is 47.1 Å². The minimum absolute atomic E-state index is 0.0162. The first-order valence-electron chi connectivity index (χ1n) is 9.54. The summed E-state index contributed by atoms with van der Waals surface area (Å²) in [4.78, 5) is 39.7. The highest BCUT2D eigenvalue weighted by molar-refractivity contribution is 6.03. The summed E-state index contributed by atoms with van der Waals surface area (Å²) in [6.07, 6.45) is -0.976. The molecule has 0 bridgehead atoms. The van der Waals surface area contributed by atoms with Crippen LogP contribution in [0.3, 0.4) is 0 Å². The molecule has 0 aliphatic carbocycles. The van der Waals surface area contributed by atoms with Crippen molar-refractivity contribution in [1.29, 1.82) is 0 Å². The van der Waals surface area contributed by atoms with Gasteiger partial charge in [0.25, 0.3) is 0 Å². The number of aromatic nitrogens is 1. The molecule has 0 amide bonds. The van der Waals surface area contributed by atoms with E-state index in [4.69, 9.17) is 14.2 Å². The number of carbonyl (C=O) groups excluding carboxylic acids is 3. The van der Waals surface area contributed by atoms with Gasteiger partial charge in [-0.2, -0.15) is 0 Å². The first kappa shape index (κ1) is 22.2. The third-order valence-corrected chi connectivity index (χ3v) is 4.44. The van der Waals surface area contributed by atoms with Crippen molar-refractivity contribution in [1.82, 2.24) is 4.98 Å². The Labute approximate surface area is 170 Å². The molecule has 1 heterocycles. The normalized spacial score (nSPS) is 11.6. The van der Waals surface area contributed by atoms with Gasteiger partial charge in [-0.3, -0.25) is 9.59 Å². The number of H-pyrrole nitrogens is 1. The van der Waals surface area contributed by atoms with E-state index in [1.807, 2.05) is 31.2 Å². The number of benzene rings is 1. The van der Waals surface area contributed by atoms with Crippen molar-refractivity contribution in [2.24, 2.45) is 0 Å². The van der Waals surface area contributed by atoms with Crippen molar-refractivity contribution in [3.05, 3.63) is 52.3 Å². The second kappa shape index (κ2) is 9.91. The average Bonchev–Trinajstić information content (AvgIpc) is 2.97. The Morgan fingerprint density at radius 2 is 1.72 bits per heavy atom. The summed E-state index contributed by atoms with van der Waals surface area (Å²) in [5, 5.41) is 0. The molecule has 7 nitrogen and oxygen atoms in total. The van der Waals surface area contributed by atoms with E-state index in [1.165, 1.54) is 6.92 Å². The van der Waals surface area contributed by atoms with Gasteiger partial charge >= 0.3 is 11.9 Å². The predicted octanol–water partition coefficient (Wildman–Crippen LogP) is 3.70. The lowest BCUT2D eigenvalue weighted by atomic mass is 10.1. The molecule has 0 saturated heterocycles. The summed E-state index contributed by atoms with van der Waals surface area (Å²) in [5.41, 5.74) is 2.71. The molecule has 0 aliphatic rings. The van der Waals surface area contributed by atoms with Crippen molar-refractivity contribution in [2.75, 3.05) is 13.2 Å². The number of hydrogen-bond donors (Lipinski definition) is 1. The van der Waals surface area contributed by atoms with Crippen LogP contribution in [0.25, 0.3) is 0 Å². The first-order valence-corrected chi connectivity index (χ1v) is 9.54. The van der Waals surface area contributed by atoms with Crippen LogP contribution in [0.15, 0.2) is 24.3 Å². The number of aromatic amines is 1. The van der Waals surface area contributed by atoms with E-state index >= 15 is 0 Å². The van der Waals surface area contributed by atoms with Crippen molar-refractivity contribution >= 4 is 17.7 Å². The summed E-state index contributed by atoms with van der Waals surface area (Å²) in [7, 11) is 0. The Morgan fingerprint density at radius 1 is 1.07 bits per heavy atom. The van der Waals surface area contributed by atoms with E-state index in [1.54, 1.807) is 20.8 Å². The molecular formula is C22H27NO6. The second-order valence-corrected chi connectivity index (χ2v) is 6.75. The first-order chi connectivity index (χ1) is 13.7. The lowest BCUT2D eigenvalue weighted by Crippen LogP contribution is -2.26. The number of esters is 2. The highest BCUT2D eigenvalue weighted by Gasteiger charge is 2.27. The van der Waals surface area contributed by atoms with Gasteiger partial charge in [0.2, 0.25) is 5.78 Å². The van der Waals surface area contributed by atoms with Gasteiger partial charge in [0, 0.05) is 5.69 Å². The molecule has 156 valence electrons. The molecule has 1 aromatic heterocycles. The van der Waals surface area contributed by atoms with Crippen molar-refractivity contribution < 1.29 is 28.6 Å². The second-order valence-electron chi connectivity index (χ2n) is 6.75. The van der Waals surface area contributed by atoms with Gasteiger partial charge in [-0.25, -0.2) is 4.79 Å². The van der Waals surface area contributed by atoms with Crippen molar-refractivity contribution in [3.8, 4) is 5.75 Å². The Kier molecular flexibility index (Phi) is 7.59. The smallest absolute Gasteiger partial charge is 0.340 e. The fourth-order valence-corrected chi connectivity index (χ4v) is 2.91. The van der Waals surface area contributed by atoms with Crippen LogP contribution in [0.5, 0.6) is 5.75 Å². The van der Waals surface area contributed by atoms with E-state index in [-0.39, 0.29) is 25.3 Å². The molecule has 2 rings (SSSR count). The monoisotopic (exact) mass is 401 g/mol. The number of ketones is 1. The molecule has 0 fully saturated rings. The number of hydrogen-bond acceptors (Lipinski definition) is 6. The van der Waals surface area contributed by atoms with Gasteiger partial charge in [-0.05, 0) is 52.3 Å². The van der Waals surface area contributed by atoms with Crippen LogP contribution >= 0.6 is 0 Å². The molecular weight excluding hydrogens is 374 g/mol. The molecule has 0 unspecified atom stereocenters. The quantitative estimate of drug-likeness (QED) is 0.509. The van der Waals surface area contributed by atoms with Crippen LogP contribution in [0.4, 0.5) is 0 Å². The maximum Gasteiger partial charge on any atom is 0.340 e. The van der Waals surface area contributed by atoms with Crippen LogP contribution in [0.1, 0.15) is 57.9 Å². The molecule has 0 spiro atoms. The zero-order valence-corrected chi connectivity index (χ0v) is 17.5. The maximum atomic E-state index is 12.7. The molecule has 0 aliphatic heterocycles. The Balaban J connectivity index is 1.92. The van der Waals surface area contributed by atoms with Crippen molar-refractivity contribution in [3.63, 3.8) is 0 Å². The summed E-state index contributed by atoms with van der Waals surface area (Å²) >= 11 is 0. The topological polar surface area (TPSA) is 94.7 Å². The Hall–Kier alpha value is -3.09. The minimum atomic E-state index is -0.992. The summed E-state index contributed by atoms with van der Waals surface area (Å²) in [5.74, 6) is -0.773. The summed E-state index contributed by atoms with van der Waals surface area (Å²) < 4.78 is 15.8. The molecule has 7 heteroatoms. The highest BCUT2D eigenvalue weighted by atomic mass is 16.5. The van der Waals surface area contributed by atoms with Crippen LogP contribution < -0.4 is 4.74 Å². The molecule has 29 heavy (non-hydrogen) atoms. The largest absolute Gasteiger partial charge is 0.493 e. The molecule has 0 radical (unpaired) electrons. The van der Waals surface area contributed by atoms with Gasteiger partial charge in [-0.15, -0.1) is 0 Å². The van der Waals surface area contributed by atoms with Gasteiger partial charge in [0.15, 0.2) is 6.10 Å². The number of nitrogens with one attached hydrogen (secondary N) is 1. The van der Waals surface area contributed by atoms with Gasteiger partial charge in [-0.1, -0.05) is 17.7 Å².